The molecule has 0 radical (unpaired) electrons. The van der Waals surface area contributed by atoms with Crippen LogP contribution in [0, 0.1) is 5.92 Å². The molecular formula is C56H83N7O22S. The van der Waals surface area contributed by atoms with Crippen LogP contribution in [0.5, 0.6) is 0 Å². The third-order valence-electron chi connectivity index (χ3n) is 13.0. The third-order valence-corrected chi connectivity index (χ3v) is 13.8. The van der Waals surface area contributed by atoms with E-state index in [1.165, 1.54) is 18.2 Å². The molecule has 3 aromatic rings. The minimum absolute atomic E-state index is 0.0303. The van der Waals surface area contributed by atoms with Crippen LogP contribution in [0.15, 0.2) is 59.6 Å². The number of anilines is 2. The zero-order chi connectivity index (χ0) is 61.7. The number of nitrogens with one attached hydrogen (secondary N) is 2. The Morgan fingerprint density at radius 3 is 1.65 bits per heavy atom. The van der Waals surface area contributed by atoms with Crippen LogP contribution in [-0.4, -0.2) is 233 Å². The van der Waals surface area contributed by atoms with Gasteiger partial charge in [0, 0.05) is 43.7 Å². The number of amides is 6. The fraction of sp³-hybridized carbons (Fsp3) is 0.643. The summed E-state index contributed by atoms with van der Waals surface area (Å²) in [5.74, 6) is -2.82. The number of methoxy groups -OCH3 is 1. The first-order chi connectivity index (χ1) is 41.7. The molecule has 2 aromatic carbocycles. The molecule has 1 spiro atoms. The zero-order valence-corrected chi connectivity index (χ0v) is 49.9. The number of carbonyl (C=O) groups is 6. The summed E-state index contributed by atoms with van der Waals surface area (Å²) in [5.41, 5.74) is 0.839. The first-order valence-corrected chi connectivity index (χ1v) is 30.1. The molecule has 2 saturated heterocycles. The van der Waals surface area contributed by atoms with Gasteiger partial charge in [-0.05, 0) is 62.4 Å². The molecule has 1 saturated carbocycles. The standard InChI is InChI=1S/C32H40N6O9S.C24H43NO13/c1-2-14-45-16-18-47-19-17-46-15-13-37-22-28(35-36-37)24-5-3-6-25(20-24)33-29(39)23-9-11-32(12-10-23)30(40)38(31(41)34-32)26-7-4-8-27(21-26)48(42,43)44;1-29-6-7-31-10-11-33-14-15-35-18-19-37-21-20-36-17-16-34-13-12-32-9-8-30-5-4-24(28)38-25-22(26)2-3-23(25)27/h3-8,20-23H,2,9-19H2,1H3,(H,33,39)(H,34,41)(H,42,43,44);2-21H2,1H3. The summed E-state index contributed by atoms with van der Waals surface area (Å²) in [4.78, 5) is 79.0. The van der Waals surface area contributed by atoms with Crippen LogP contribution in [-0.2, 0) is 102 Å². The highest BCUT2D eigenvalue weighted by Gasteiger charge is 2.53. The lowest BCUT2D eigenvalue weighted by molar-refractivity contribution is -0.198. The second kappa shape index (κ2) is 40.5. The van der Waals surface area contributed by atoms with Gasteiger partial charge in [-0.2, -0.15) is 8.42 Å². The molecule has 6 amide bonds. The number of aromatic nitrogens is 3. The maximum Gasteiger partial charge on any atom is 0.335 e. The maximum absolute atomic E-state index is 13.4. The highest BCUT2D eigenvalue weighted by molar-refractivity contribution is 7.85. The number of rotatable bonds is 44. The number of urea groups is 1. The highest BCUT2D eigenvalue weighted by Crippen LogP contribution is 2.39. The van der Waals surface area contributed by atoms with Gasteiger partial charge in [0.25, 0.3) is 27.8 Å². The van der Waals surface area contributed by atoms with Gasteiger partial charge >= 0.3 is 12.0 Å². The van der Waals surface area contributed by atoms with Crippen LogP contribution < -0.4 is 15.5 Å². The first-order valence-electron chi connectivity index (χ1n) is 28.7. The molecule has 0 bridgehead atoms. The van der Waals surface area contributed by atoms with E-state index in [2.05, 4.69) is 27.9 Å². The van der Waals surface area contributed by atoms with E-state index in [-0.39, 0.29) is 56.2 Å². The Labute approximate surface area is 500 Å². The molecule has 1 aromatic heterocycles. The molecule has 29 nitrogen and oxygen atoms in total. The summed E-state index contributed by atoms with van der Waals surface area (Å²) >= 11 is 0. The Bertz CT molecular complexity index is 2610. The molecule has 480 valence electrons. The Kier molecular flexibility index (Phi) is 33.3. The van der Waals surface area contributed by atoms with E-state index in [9.17, 15) is 41.7 Å². The van der Waals surface area contributed by atoms with Crippen molar-refractivity contribution in [1.82, 2.24) is 25.4 Å². The Balaban J connectivity index is 0.000000324. The molecule has 2 aliphatic heterocycles. The number of hydrogen-bond donors (Lipinski definition) is 3. The van der Waals surface area contributed by atoms with Crippen molar-refractivity contribution in [3.8, 4) is 11.3 Å². The largest absolute Gasteiger partial charge is 0.382 e. The van der Waals surface area contributed by atoms with E-state index in [1.807, 2.05) is 24.4 Å². The van der Waals surface area contributed by atoms with Crippen LogP contribution in [0.4, 0.5) is 16.2 Å². The van der Waals surface area contributed by atoms with E-state index < -0.39 is 50.3 Å². The van der Waals surface area contributed by atoms with Crippen LogP contribution in [0.1, 0.15) is 58.3 Å². The molecule has 3 N–H and O–H groups in total. The van der Waals surface area contributed by atoms with E-state index >= 15 is 0 Å². The molecule has 3 aliphatic rings. The van der Waals surface area contributed by atoms with Crippen molar-refractivity contribution in [2.24, 2.45) is 5.92 Å². The number of ether oxygens (including phenoxy) is 12. The van der Waals surface area contributed by atoms with Crippen LogP contribution in [0.3, 0.4) is 0 Å². The van der Waals surface area contributed by atoms with Crippen molar-refractivity contribution in [1.29, 1.82) is 0 Å². The number of nitrogens with zero attached hydrogens (tertiary/aromatic N) is 5. The molecule has 86 heavy (non-hydrogen) atoms. The lowest BCUT2D eigenvalue weighted by atomic mass is 9.76. The van der Waals surface area contributed by atoms with Crippen LogP contribution in [0.25, 0.3) is 11.3 Å². The van der Waals surface area contributed by atoms with Gasteiger partial charge in [0.15, 0.2) is 0 Å². The topological polar surface area (TPSA) is 338 Å². The van der Waals surface area contributed by atoms with E-state index in [4.69, 9.17) is 61.7 Å². The lowest BCUT2D eigenvalue weighted by Gasteiger charge is -2.34. The molecule has 1 aliphatic carbocycles. The second-order valence-electron chi connectivity index (χ2n) is 19.4. The Morgan fingerprint density at radius 2 is 1.14 bits per heavy atom. The monoisotopic (exact) mass is 1240 g/mol. The number of hydroxylamine groups is 2. The molecular weight excluding hydrogens is 1150 g/mol. The predicted octanol–water partition coefficient (Wildman–Crippen LogP) is 3.04. The van der Waals surface area contributed by atoms with Gasteiger partial charge in [0.2, 0.25) is 5.91 Å². The fourth-order valence-corrected chi connectivity index (χ4v) is 9.00. The summed E-state index contributed by atoms with van der Waals surface area (Å²) in [6.07, 6.45) is 4.03. The van der Waals surface area contributed by atoms with E-state index in [0.717, 1.165) is 29.6 Å². The van der Waals surface area contributed by atoms with Crippen LogP contribution >= 0.6 is 0 Å². The molecule has 30 heteroatoms. The average Bonchev–Trinajstić information content (AvgIpc) is 1.66. The van der Waals surface area contributed by atoms with Gasteiger partial charge < -0.3 is 72.3 Å². The zero-order valence-electron chi connectivity index (χ0n) is 49.1. The molecule has 0 unspecified atom stereocenters. The van der Waals surface area contributed by atoms with Crippen molar-refractivity contribution < 1.29 is 103 Å². The number of imide groups is 2. The fourth-order valence-electron chi connectivity index (χ4n) is 8.48. The van der Waals surface area contributed by atoms with E-state index in [1.54, 1.807) is 17.9 Å². The SMILES string of the molecule is CCCOCCOCCOCCn1cc(-c2cccc(NC(=O)C3CCC4(CC3)NC(=O)N(c3cccc(S(=O)(=O)O)c3)C4=O)c2)nn1.COCCOCCOCCOCCOCCOCCOCCOCCOCCC(=O)ON1C(=O)CCC1=O. The van der Waals surface area contributed by atoms with E-state index in [0.29, 0.717) is 175 Å². The normalized spacial score (nSPS) is 16.9. The quantitative estimate of drug-likeness (QED) is 0.0317. The molecule has 0 atom stereocenters. The minimum Gasteiger partial charge on any atom is -0.382 e. The summed E-state index contributed by atoms with van der Waals surface area (Å²) in [6, 6.07) is 11.6. The van der Waals surface area contributed by atoms with Crippen molar-refractivity contribution in [2.75, 3.05) is 169 Å². The van der Waals surface area contributed by atoms with Gasteiger partial charge in [-0.1, -0.05) is 30.3 Å². The van der Waals surface area contributed by atoms with Crippen molar-refractivity contribution >= 4 is 57.1 Å². The number of carbonyl (C=O) groups excluding carboxylic acids is 6. The van der Waals surface area contributed by atoms with Crippen molar-refractivity contribution in [3.05, 3.63) is 54.7 Å². The summed E-state index contributed by atoms with van der Waals surface area (Å²) in [7, 11) is -2.89. The summed E-state index contributed by atoms with van der Waals surface area (Å²) < 4.78 is 98.4. The first kappa shape index (κ1) is 70.8. The number of hydrogen-bond acceptors (Lipinski definition) is 23. The van der Waals surface area contributed by atoms with Crippen molar-refractivity contribution in [2.45, 2.75) is 75.3 Å². The van der Waals surface area contributed by atoms with Gasteiger partial charge in [-0.3, -0.25) is 23.7 Å². The molecule has 3 fully saturated rings. The maximum atomic E-state index is 13.4. The van der Waals surface area contributed by atoms with Gasteiger partial charge in [-0.15, -0.1) is 10.2 Å². The second-order valence-corrected chi connectivity index (χ2v) is 20.8. The average molecular weight is 1240 g/mol. The highest BCUT2D eigenvalue weighted by atomic mass is 32.2. The summed E-state index contributed by atoms with van der Waals surface area (Å²) in [5, 5.41) is 14.7. The van der Waals surface area contributed by atoms with Crippen LogP contribution in [0.2, 0.25) is 0 Å². The molecule has 3 heterocycles. The van der Waals surface area contributed by atoms with Gasteiger partial charge in [-0.25, -0.2) is 19.2 Å². The minimum atomic E-state index is -4.53. The Morgan fingerprint density at radius 1 is 0.651 bits per heavy atom. The third kappa shape index (κ3) is 26.2. The summed E-state index contributed by atoms with van der Waals surface area (Å²) in [6.45, 7) is 13.5. The number of benzene rings is 2. The smallest absolute Gasteiger partial charge is 0.335 e. The van der Waals surface area contributed by atoms with Gasteiger partial charge in [0.05, 0.1) is 175 Å². The predicted molar refractivity (Wildman–Crippen MR) is 304 cm³/mol. The van der Waals surface area contributed by atoms with Crippen molar-refractivity contribution in [3.63, 3.8) is 0 Å². The Hall–Kier alpha value is -5.97. The lowest BCUT2D eigenvalue weighted by Crippen LogP contribution is -2.50. The van der Waals surface area contributed by atoms with Gasteiger partial charge in [0.1, 0.15) is 11.2 Å². The molecule has 6 rings (SSSR count).